The minimum Gasteiger partial charge on any atom is -0.394 e. The van der Waals surface area contributed by atoms with Gasteiger partial charge in [-0.3, -0.25) is 4.79 Å². The third kappa shape index (κ3) is 2.20. The Balaban J connectivity index is 2.52. The lowest BCUT2D eigenvalue weighted by molar-refractivity contribution is -0.130. The van der Waals surface area contributed by atoms with Crippen LogP contribution in [0.3, 0.4) is 0 Å². The summed E-state index contributed by atoms with van der Waals surface area (Å²) in [6.45, 7) is -1.18. The molecule has 1 aliphatic heterocycles. The fourth-order valence-corrected chi connectivity index (χ4v) is 1.22. The first-order chi connectivity index (χ1) is 6.60. The average molecular weight is 207 g/mol. The van der Waals surface area contributed by atoms with Crippen LogP contribution in [0.4, 0.5) is 0 Å². The normalized spacial score (nSPS) is 37.1. The van der Waals surface area contributed by atoms with E-state index in [0.29, 0.717) is 0 Å². The summed E-state index contributed by atoms with van der Waals surface area (Å²) < 4.78 is 4.91. The summed E-state index contributed by atoms with van der Waals surface area (Å²) in [5.74, 6) is -0.722. The SMILES string of the molecule is O=C(CO)N[C@@H]1O[C@H](CO)[C@@H](O)[C@H]1O. The molecular formula is C7H13NO6. The Hall–Kier alpha value is -0.730. The van der Waals surface area contributed by atoms with Crippen LogP contribution in [0.25, 0.3) is 0 Å². The molecule has 0 saturated carbocycles. The van der Waals surface area contributed by atoms with Gasteiger partial charge >= 0.3 is 0 Å². The van der Waals surface area contributed by atoms with E-state index in [2.05, 4.69) is 5.32 Å². The third-order valence-electron chi connectivity index (χ3n) is 1.99. The lowest BCUT2D eigenvalue weighted by atomic mass is 10.1. The molecular weight excluding hydrogens is 194 g/mol. The number of aliphatic hydroxyl groups excluding tert-OH is 4. The number of carbonyl (C=O) groups is 1. The Labute approximate surface area is 79.9 Å². The highest BCUT2D eigenvalue weighted by atomic mass is 16.6. The average Bonchev–Trinajstić information content (AvgIpc) is 2.45. The predicted molar refractivity (Wildman–Crippen MR) is 43.0 cm³/mol. The lowest BCUT2D eigenvalue weighted by Gasteiger charge is -2.15. The largest absolute Gasteiger partial charge is 0.394 e. The standard InChI is InChI=1S/C7H13NO6/c9-1-3-5(12)6(13)7(14-3)8-4(11)2-10/h3,5-7,9-10,12-13H,1-2H2,(H,8,11)/t3-,5-,6-,7-/m1/s1. The van der Waals surface area contributed by atoms with Crippen molar-refractivity contribution in [2.24, 2.45) is 0 Å². The minimum atomic E-state index is -1.30. The molecule has 7 nitrogen and oxygen atoms in total. The van der Waals surface area contributed by atoms with Crippen molar-refractivity contribution in [2.75, 3.05) is 13.2 Å². The number of carbonyl (C=O) groups excluding carboxylic acids is 1. The number of rotatable bonds is 3. The van der Waals surface area contributed by atoms with E-state index in [1.165, 1.54) is 0 Å². The van der Waals surface area contributed by atoms with Crippen LogP contribution in [-0.2, 0) is 9.53 Å². The topological polar surface area (TPSA) is 119 Å². The molecule has 0 bridgehead atoms. The molecule has 0 unspecified atom stereocenters. The quantitative estimate of drug-likeness (QED) is 0.328. The Kier molecular flexibility index (Phi) is 3.78. The van der Waals surface area contributed by atoms with Crippen molar-refractivity contribution in [1.29, 1.82) is 0 Å². The maximum atomic E-state index is 10.7. The Morgan fingerprint density at radius 1 is 1.29 bits per heavy atom. The fraction of sp³-hybridized carbons (Fsp3) is 0.857. The van der Waals surface area contributed by atoms with Gasteiger partial charge in [0.2, 0.25) is 5.91 Å². The van der Waals surface area contributed by atoms with Gasteiger partial charge in [-0.15, -0.1) is 0 Å². The smallest absolute Gasteiger partial charge is 0.247 e. The summed E-state index contributed by atoms with van der Waals surface area (Å²) in [5.41, 5.74) is 0. The van der Waals surface area contributed by atoms with E-state index in [-0.39, 0.29) is 0 Å². The maximum absolute atomic E-state index is 10.7. The summed E-state index contributed by atoms with van der Waals surface area (Å²) in [4.78, 5) is 10.7. The van der Waals surface area contributed by atoms with E-state index in [1.54, 1.807) is 0 Å². The van der Waals surface area contributed by atoms with Crippen LogP contribution in [0.5, 0.6) is 0 Å². The van der Waals surface area contributed by atoms with Crippen LogP contribution in [-0.4, -0.2) is 64.1 Å². The zero-order chi connectivity index (χ0) is 10.7. The highest BCUT2D eigenvalue weighted by molar-refractivity contribution is 5.77. The lowest BCUT2D eigenvalue weighted by Crippen LogP contribution is -2.44. The first kappa shape index (κ1) is 11.3. The Bertz CT molecular complexity index is 210. The van der Waals surface area contributed by atoms with E-state index < -0.39 is 43.7 Å². The molecule has 1 fully saturated rings. The zero-order valence-corrected chi connectivity index (χ0v) is 7.33. The molecule has 0 aliphatic carbocycles. The van der Waals surface area contributed by atoms with Gasteiger partial charge in [-0.25, -0.2) is 0 Å². The first-order valence-corrected chi connectivity index (χ1v) is 4.12. The van der Waals surface area contributed by atoms with Gasteiger partial charge in [0.1, 0.15) is 24.9 Å². The monoisotopic (exact) mass is 207 g/mol. The molecule has 1 aliphatic rings. The molecule has 1 rings (SSSR count). The second-order valence-electron chi connectivity index (χ2n) is 2.98. The van der Waals surface area contributed by atoms with Crippen molar-refractivity contribution >= 4 is 5.91 Å². The van der Waals surface area contributed by atoms with Crippen molar-refractivity contribution in [3.8, 4) is 0 Å². The number of nitrogens with one attached hydrogen (secondary N) is 1. The summed E-state index contributed by atoms with van der Waals surface area (Å²) in [6, 6.07) is 0. The second-order valence-corrected chi connectivity index (χ2v) is 2.98. The van der Waals surface area contributed by atoms with Crippen molar-refractivity contribution in [3.63, 3.8) is 0 Å². The summed E-state index contributed by atoms with van der Waals surface area (Å²) in [5, 5.41) is 37.8. The van der Waals surface area contributed by atoms with Crippen molar-refractivity contribution in [2.45, 2.75) is 24.5 Å². The van der Waals surface area contributed by atoms with Gasteiger partial charge in [-0.05, 0) is 0 Å². The zero-order valence-electron chi connectivity index (χ0n) is 7.33. The molecule has 0 spiro atoms. The van der Waals surface area contributed by atoms with Gasteiger partial charge < -0.3 is 30.5 Å². The molecule has 0 aromatic carbocycles. The second kappa shape index (κ2) is 4.67. The molecule has 0 radical (unpaired) electrons. The van der Waals surface area contributed by atoms with Crippen LogP contribution < -0.4 is 5.32 Å². The fourth-order valence-electron chi connectivity index (χ4n) is 1.22. The van der Waals surface area contributed by atoms with Crippen LogP contribution in [0.1, 0.15) is 0 Å². The number of aliphatic hydroxyl groups is 4. The van der Waals surface area contributed by atoms with Gasteiger partial charge in [0.25, 0.3) is 0 Å². The number of hydrogen-bond donors (Lipinski definition) is 5. The van der Waals surface area contributed by atoms with Crippen LogP contribution >= 0.6 is 0 Å². The minimum absolute atomic E-state index is 0.455. The summed E-state index contributed by atoms with van der Waals surface area (Å²) >= 11 is 0. The van der Waals surface area contributed by atoms with Gasteiger partial charge in [0.05, 0.1) is 6.61 Å². The van der Waals surface area contributed by atoms with Crippen LogP contribution in [0.15, 0.2) is 0 Å². The van der Waals surface area contributed by atoms with Crippen LogP contribution in [0.2, 0.25) is 0 Å². The number of amides is 1. The third-order valence-corrected chi connectivity index (χ3v) is 1.99. The van der Waals surface area contributed by atoms with E-state index in [1.807, 2.05) is 0 Å². The van der Waals surface area contributed by atoms with Gasteiger partial charge in [-0.1, -0.05) is 0 Å². The van der Waals surface area contributed by atoms with E-state index in [9.17, 15) is 15.0 Å². The highest BCUT2D eigenvalue weighted by Gasteiger charge is 2.42. The predicted octanol–water partition coefficient (Wildman–Crippen LogP) is -3.47. The molecule has 14 heavy (non-hydrogen) atoms. The Morgan fingerprint density at radius 2 is 1.93 bits per heavy atom. The molecule has 1 saturated heterocycles. The van der Waals surface area contributed by atoms with Crippen molar-refractivity contribution in [1.82, 2.24) is 5.32 Å². The van der Waals surface area contributed by atoms with E-state index in [0.717, 1.165) is 0 Å². The molecule has 5 N–H and O–H groups in total. The molecule has 1 amide bonds. The highest BCUT2D eigenvalue weighted by Crippen LogP contribution is 2.18. The molecule has 0 aromatic heterocycles. The summed E-state index contributed by atoms with van der Waals surface area (Å²) in [7, 11) is 0. The van der Waals surface area contributed by atoms with Crippen LogP contribution in [0, 0.1) is 0 Å². The van der Waals surface area contributed by atoms with E-state index in [4.69, 9.17) is 14.9 Å². The van der Waals surface area contributed by atoms with Gasteiger partial charge in [-0.2, -0.15) is 0 Å². The van der Waals surface area contributed by atoms with E-state index >= 15 is 0 Å². The first-order valence-electron chi connectivity index (χ1n) is 4.12. The molecule has 7 heteroatoms. The van der Waals surface area contributed by atoms with Crippen molar-refractivity contribution < 1.29 is 30.0 Å². The summed E-state index contributed by atoms with van der Waals surface area (Å²) in [6.07, 6.45) is -4.57. The Morgan fingerprint density at radius 3 is 2.36 bits per heavy atom. The molecule has 4 atom stereocenters. The number of ether oxygens (including phenoxy) is 1. The van der Waals surface area contributed by atoms with Gasteiger partial charge in [0.15, 0.2) is 6.23 Å². The van der Waals surface area contributed by atoms with Gasteiger partial charge in [0, 0.05) is 0 Å². The number of hydrogen-bond acceptors (Lipinski definition) is 6. The molecule has 0 aromatic rings. The van der Waals surface area contributed by atoms with Crippen molar-refractivity contribution in [3.05, 3.63) is 0 Å². The molecule has 82 valence electrons. The molecule has 1 heterocycles. The maximum Gasteiger partial charge on any atom is 0.247 e.